The van der Waals surface area contributed by atoms with E-state index in [0.717, 1.165) is 0 Å². The molecule has 0 bridgehead atoms. The highest BCUT2D eigenvalue weighted by Crippen LogP contribution is 2.29. The molecule has 0 aromatic rings. The van der Waals surface area contributed by atoms with Crippen molar-refractivity contribution in [3.63, 3.8) is 0 Å². The molecule has 0 spiro atoms. The van der Waals surface area contributed by atoms with Gasteiger partial charge in [0, 0.05) is 0 Å². The molecule has 0 fully saturated rings. The smallest absolute Gasteiger partial charge is 0.179 e. The van der Waals surface area contributed by atoms with Crippen LogP contribution in [0.1, 0.15) is 79.1 Å². The number of rotatable bonds is 14. The third kappa shape index (κ3) is 9.86. The molecule has 0 aromatic carbocycles. The van der Waals surface area contributed by atoms with E-state index in [9.17, 15) is 0 Å². The highest BCUT2D eigenvalue weighted by Gasteiger charge is 2.32. The molecule has 0 atom stereocenters. The predicted octanol–water partition coefficient (Wildman–Crippen LogP) is 5.65. The molecular formula is C16H38OSi2. The van der Waals surface area contributed by atoms with E-state index in [0.29, 0.717) is 0 Å². The first-order chi connectivity index (χ1) is 9.24. The maximum atomic E-state index is 6.72. The molecule has 0 aromatic heterocycles. The van der Waals surface area contributed by atoms with Crippen molar-refractivity contribution >= 4 is 18.1 Å². The molecular weight excluding hydrogens is 264 g/mol. The van der Waals surface area contributed by atoms with Crippen molar-refractivity contribution in [2.24, 2.45) is 0 Å². The average molecular weight is 303 g/mol. The number of hydrogen-bond acceptors (Lipinski definition) is 1. The van der Waals surface area contributed by atoms with Gasteiger partial charge in [-0.1, -0.05) is 79.1 Å². The van der Waals surface area contributed by atoms with Gasteiger partial charge in [0.15, 0.2) is 8.32 Å². The molecule has 0 heterocycles. The van der Waals surface area contributed by atoms with Crippen LogP contribution in [0.25, 0.3) is 0 Å². The average Bonchev–Trinajstić information content (AvgIpc) is 2.44. The lowest BCUT2D eigenvalue weighted by Gasteiger charge is -2.32. The van der Waals surface area contributed by atoms with E-state index in [1.807, 2.05) is 0 Å². The van der Waals surface area contributed by atoms with Crippen molar-refractivity contribution in [3.05, 3.63) is 0 Å². The zero-order valence-electron chi connectivity index (χ0n) is 14.1. The summed E-state index contributed by atoms with van der Waals surface area (Å²) in [4.78, 5) is 0. The van der Waals surface area contributed by atoms with E-state index in [-0.39, 0.29) is 9.76 Å². The first kappa shape index (κ1) is 19.4. The van der Waals surface area contributed by atoms with Crippen molar-refractivity contribution in [2.75, 3.05) is 0 Å². The lowest BCUT2D eigenvalue weighted by atomic mass is 10.4. The van der Waals surface area contributed by atoms with E-state index < -0.39 is 8.32 Å². The fraction of sp³-hybridized carbons (Fsp3) is 1.00. The fourth-order valence-electron chi connectivity index (χ4n) is 2.73. The molecule has 3 heteroatoms. The lowest BCUT2D eigenvalue weighted by Crippen LogP contribution is -2.39. The van der Waals surface area contributed by atoms with Crippen LogP contribution >= 0.6 is 0 Å². The first-order valence-corrected chi connectivity index (χ1v) is 13.0. The van der Waals surface area contributed by atoms with Gasteiger partial charge in [0.2, 0.25) is 0 Å². The Bertz CT molecular complexity index is 164. The van der Waals surface area contributed by atoms with Crippen LogP contribution in [0.5, 0.6) is 0 Å². The van der Waals surface area contributed by atoms with Gasteiger partial charge < -0.3 is 4.12 Å². The standard InChI is InChI=1S/C16H38OSi2/c1-5-9-13-18-17-19(14-10-6-2,15-11-7-3)16-12-8-4/h5-16,18H2,1-4H3. The SMILES string of the molecule is CCCC[SiH2]O[Si](CCCC)(CCCC)CCCC. The summed E-state index contributed by atoms with van der Waals surface area (Å²) in [5.41, 5.74) is 0. The molecule has 0 N–H and O–H groups in total. The normalized spacial score (nSPS) is 12.6. The van der Waals surface area contributed by atoms with E-state index in [1.54, 1.807) is 0 Å². The molecule has 0 amide bonds. The zero-order chi connectivity index (χ0) is 14.4. The van der Waals surface area contributed by atoms with E-state index >= 15 is 0 Å². The van der Waals surface area contributed by atoms with Crippen LogP contribution in [0.2, 0.25) is 24.2 Å². The monoisotopic (exact) mass is 302 g/mol. The van der Waals surface area contributed by atoms with Crippen LogP contribution in [0, 0.1) is 0 Å². The zero-order valence-corrected chi connectivity index (χ0v) is 16.5. The second kappa shape index (κ2) is 13.4. The van der Waals surface area contributed by atoms with Crippen LogP contribution < -0.4 is 0 Å². The highest BCUT2D eigenvalue weighted by atomic mass is 28.4. The van der Waals surface area contributed by atoms with Gasteiger partial charge in [-0.3, -0.25) is 0 Å². The second-order valence-corrected chi connectivity index (χ2v) is 12.2. The maximum absolute atomic E-state index is 6.72. The van der Waals surface area contributed by atoms with Gasteiger partial charge in [0.05, 0.1) is 0 Å². The third-order valence-electron chi connectivity index (χ3n) is 4.11. The molecule has 0 rings (SSSR count). The van der Waals surface area contributed by atoms with Gasteiger partial charge in [-0.05, 0) is 24.2 Å². The Morgan fingerprint density at radius 1 is 0.684 bits per heavy atom. The van der Waals surface area contributed by atoms with Crippen LogP contribution in [-0.2, 0) is 4.12 Å². The molecule has 0 radical (unpaired) electrons. The largest absolute Gasteiger partial charge is 0.460 e. The van der Waals surface area contributed by atoms with Gasteiger partial charge >= 0.3 is 0 Å². The molecule has 0 aliphatic rings. The lowest BCUT2D eigenvalue weighted by molar-refractivity contribution is 0.535. The van der Waals surface area contributed by atoms with Gasteiger partial charge in [-0.15, -0.1) is 0 Å². The van der Waals surface area contributed by atoms with Gasteiger partial charge in [0.25, 0.3) is 0 Å². The minimum absolute atomic E-state index is 0.226. The van der Waals surface area contributed by atoms with Crippen molar-refractivity contribution in [1.82, 2.24) is 0 Å². The van der Waals surface area contributed by atoms with Crippen LogP contribution in [0.4, 0.5) is 0 Å². The molecule has 0 saturated carbocycles. The third-order valence-corrected chi connectivity index (χ3v) is 12.0. The van der Waals surface area contributed by atoms with Gasteiger partial charge in [-0.2, -0.15) is 0 Å². The van der Waals surface area contributed by atoms with E-state index in [4.69, 9.17) is 4.12 Å². The van der Waals surface area contributed by atoms with Crippen molar-refractivity contribution in [2.45, 2.75) is 103 Å². The Hall–Kier alpha value is 0.394. The van der Waals surface area contributed by atoms with Crippen molar-refractivity contribution in [1.29, 1.82) is 0 Å². The van der Waals surface area contributed by atoms with Gasteiger partial charge in [-0.25, -0.2) is 0 Å². The summed E-state index contributed by atoms with van der Waals surface area (Å²) in [5.74, 6) is 0. The molecule has 1 nitrogen and oxygen atoms in total. The molecule has 19 heavy (non-hydrogen) atoms. The van der Waals surface area contributed by atoms with Gasteiger partial charge in [0.1, 0.15) is 9.76 Å². The van der Waals surface area contributed by atoms with E-state index in [1.165, 1.54) is 75.5 Å². The minimum Gasteiger partial charge on any atom is -0.460 e. The fourth-order valence-corrected chi connectivity index (χ4v) is 11.2. The number of hydrogen-bond donors (Lipinski definition) is 0. The van der Waals surface area contributed by atoms with Crippen molar-refractivity contribution in [3.8, 4) is 0 Å². The number of unbranched alkanes of at least 4 members (excludes halogenated alkanes) is 4. The molecule has 0 saturated heterocycles. The van der Waals surface area contributed by atoms with Crippen LogP contribution in [-0.4, -0.2) is 18.1 Å². The molecule has 116 valence electrons. The Morgan fingerprint density at radius 2 is 1.11 bits per heavy atom. The second-order valence-electron chi connectivity index (χ2n) is 6.05. The summed E-state index contributed by atoms with van der Waals surface area (Å²) in [7, 11) is -1.57. The molecule has 0 aliphatic carbocycles. The Balaban J connectivity index is 4.38. The minimum atomic E-state index is -1.35. The van der Waals surface area contributed by atoms with Crippen LogP contribution in [0.15, 0.2) is 0 Å². The summed E-state index contributed by atoms with van der Waals surface area (Å²) in [6, 6.07) is 5.75. The Morgan fingerprint density at radius 3 is 1.47 bits per heavy atom. The van der Waals surface area contributed by atoms with E-state index in [2.05, 4.69) is 27.7 Å². The predicted molar refractivity (Wildman–Crippen MR) is 94.2 cm³/mol. The summed E-state index contributed by atoms with van der Waals surface area (Å²) >= 11 is 0. The summed E-state index contributed by atoms with van der Waals surface area (Å²) < 4.78 is 6.72. The summed E-state index contributed by atoms with van der Waals surface area (Å²) in [6.45, 7) is 9.28. The molecule has 0 unspecified atom stereocenters. The highest BCUT2D eigenvalue weighted by molar-refractivity contribution is 6.77. The summed E-state index contributed by atoms with van der Waals surface area (Å²) in [5, 5.41) is 0. The summed E-state index contributed by atoms with van der Waals surface area (Å²) in [6.07, 6.45) is 11.0. The maximum Gasteiger partial charge on any atom is 0.179 e. The Kier molecular flexibility index (Phi) is 13.7. The first-order valence-electron chi connectivity index (χ1n) is 8.88. The quantitative estimate of drug-likeness (QED) is 0.297. The van der Waals surface area contributed by atoms with Crippen molar-refractivity contribution < 1.29 is 4.12 Å². The Labute approximate surface area is 126 Å². The topological polar surface area (TPSA) is 9.23 Å². The van der Waals surface area contributed by atoms with Crippen LogP contribution in [0.3, 0.4) is 0 Å². The molecule has 0 aliphatic heterocycles.